The second-order valence-electron chi connectivity index (χ2n) is 3.55. The molecule has 0 N–H and O–H groups in total. The summed E-state index contributed by atoms with van der Waals surface area (Å²) in [6, 6.07) is 4.28. The number of hydrogen-bond acceptors (Lipinski definition) is 1. The Morgan fingerprint density at radius 3 is 1.94 bits per heavy atom. The highest BCUT2D eigenvalue weighted by atomic mass is 19.4. The van der Waals surface area contributed by atoms with Crippen LogP contribution in [0.4, 0.5) is 13.2 Å². The van der Waals surface area contributed by atoms with Gasteiger partial charge in [0.2, 0.25) is 0 Å². The van der Waals surface area contributed by atoms with Crippen LogP contribution in [-0.4, -0.2) is 23.9 Å². The predicted molar refractivity (Wildman–Crippen MR) is 58.7 cm³/mol. The van der Waals surface area contributed by atoms with Gasteiger partial charge >= 0.3 is 6.18 Å². The Bertz CT molecular complexity index is 380. The molecule has 0 aromatic heterocycles. The molecule has 0 aliphatic heterocycles. The van der Waals surface area contributed by atoms with Crippen LogP contribution in [0.25, 0.3) is 0 Å². The maximum atomic E-state index is 12.3. The molecule has 0 heterocycles. The number of carbonyl (C=O) groups excluding carboxylic acids is 1. The topological polar surface area (TPSA) is 20.3 Å². The van der Waals surface area contributed by atoms with Gasteiger partial charge in [-0.05, 0) is 38.1 Å². The van der Waals surface area contributed by atoms with Gasteiger partial charge in [-0.3, -0.25) is 4.79 Å². The molecule has 17 heavy (non-hydrogen) atoms. The van der Waals surface area contributed by atoms with Gasteiger partial charge in [0.25, 0.3) is 5.91 Å². The van der Waals surface area contributed by atoms with Gasteiger partial charge < -0.3 is 4.90 Å². The van der Waals surface area contributed by atoms with Crippen molar-refractivity contribution < 1.29 is 18.0 Å². The SMILES string of the molecule is CCN(CC)C(=O)c1ccc(C(F)(F)F)cc1. The van der Waals surface area contributed by atoms with Gasteiger partial charge in [0.1, 0.15) is 0 Å². The number of benzene rings is 1. The van der Waals surface area contributed by atoms with Crippen LogP contribution in [-0.2, 0) is 6.18 Å². The summed E-state index contributed by atoms with van der Waals surface area (Å²) in [4.78, 5) is 13.4. The molecule has 0 atom stereocenters. The van der Waals surface area contributed by atoms with Crippen molar-refractivity contribution in [2.24, 2.45) is 0 Å². The Hall–Kier alpha value is -1.52. The smallest absolute Gasteiger partial charge is 0.339 e. The minimum Gasteiger partial charge on any atom is -0.339 e. The third-order valence-electron chi connectivity index (χ3n) is 2.51. The van der Waals surface area contributed by atoms with E-state index in [1.807, 2.05) is 13.8 Å². The molecule has 1 aromatic carbocycles. The molecule has 0 saturated heterocycles. The van der Waals surface area contributed by atoms with Crippen LogP contribution in [0, 0.1) is 0 Å². The monoisotopic (exact) mass is 245 g/mol. The van der Waals surface area contributed by atoms with Crippen molar-refractivity contribution in [1.82, 2.24) is 4.90 Å². The molecule has 0 aliphatic rings. The van der Waals surface area contributed by atoms with Crippen LogP contribution in [0.15, 0.2) is 24.3 Å². The molecular formula is C12H14F3NO. The van der Waals surface area contributed by atoms with Gasteiger partial charge in [-0.25, -0.2) is 0 Å². The molecule has 1 amide bonds. The standard InChI is InChI=1S/C12H14F3NO/c1-3-16(4-2)11(17)9-5-7-10(8-6-9)12(13,14)15/h5-8H,3-4H2,1-2H3. The molecule has 0 bridgehead atoms. The van der Waals surface area contributed by atoms with Crippen molar-refractivity contribution >= 4 is 5.91 Å². The fourth-order valence-electron chi connectivity index (χ4n) is 1.50. The van der Waals surface area contributed by atoms with Crippen molar-refractivity contribution in [3.05, 3.63) is 35.4 Å². The van der Waals surface area contributed by atoms with E-state index in [0.717, 1.165) is 12.1 Å². The number of carbonyl (C=O) groups is 1. The van der Waals surface area contributed by atoms with Gasteiger partial charge in [-0.15, -0.1) is 0 Å². The Balaban J connectivity index is 2.91. The van der Waals surface area contributed by atoms with Crippen LogP contribution in [0.3, 0.4) is 0 Å². The largest absolute Gasteiger partial charge is 0.416 e. The van der Waals surface area contributed by atoms with Crippen LogP contribution in [0.2, 0.25) is 0 Å². The maximum absolute atomic E-state index is 12.3. The van der Waals surface area contributed by atoms with E-state index in [1.165, 1.54) is 12.1 Å². The highest BCUT2D eigenvalue weighted by molar-refractivity contribution is 5.94. The van der Waals surface area contributed by atoms with Crippen molar-refractivity contribution in [2.75, 3.05) is 13.1 Å². The summed E-state index contributed by atoms with van der Waals surface area (Å²) < 4.78 is 36.9. The van der Waals surface area contributed by atoms with Gasteiger partial charge in [0.05, 0.1) is 5.56 Å². The molecule has 1 rings (SSSR count). The van der Waals surface area contributed by atoms with Crippen LogP contribution < -0.4 is 0 Å². The third kappa shape index (κ3) is 3.22. The molecular weight excluding hydrogens is 231 g/mol. The van der Waals surface area contributed by atoms with Gasteiger partial charge in [-0.1, -0.05) is 0 Å². The molecule has 94 valence electrons. The first-order valence-corrected chi connectivity index (χ1v) is 5.36. The van der Waals surface area contributed by atoms with Gasteiger partial charge in [-0.2, -0.15) is 13.2 Å². The van der Waals surface area contributed by atoms with E-state index < -0.39 is 11.7 Å². The maximum Gasteiger partial charge on any atom is 0.416 e. The van der Waals surface area contributed by atoms with E-state index in [-0.39, 0.29) is 11.5 Å². The highest BCUT2D eigenvalue weighted by Gasteiger charge is 2.30. The summed E-state index contributed by atoms with van der Waals surface area (Å²) in [6.45, 7) is 4.73. The number of rotatable bonds is 3. The van der Waals surface area contributed by atoms with Crippen LogP contribution >= 0.6 is 0 Å². The summed E-state index contributed by atoms with van der Waals surface area (Å²) in [5.41, 5.74) is -0.463. The third-order valence-corrected chi connectivity index (χ3v) is 2.51. The van der Waals surface area contributed by atoms with Crippen LogP contribution in [0.1, 0.15) is 29.8 Å². The predicted octanol–water partition coefficient (Wildman–Crippen LogP) is 3.19. The highest BCUT2D eigenvalue weighted by Crippen LogP contribution is 2.29. The minimum atomic E-state index is -4.36. The van der Waals surface area contributed by atoms with E-state index >= 15 is 0 Å². The zero-order chi connectivity index (χ0) is 13.1. The molecule has 0 aliphatic carbocycles. The number of hydrogen-bond donors (Lipinski definition) is 0. The van der Waals surface area contributed by atoms with Crippen LogP contribution in [0.5, 0.6) is 0 Å². The Morgan fingerprint density at radius 2 is 1.59 bits per heavy atom. The average Bonchev–Trinajstić information content (AvgIpc) is 2.29. The minimum absolute atomic E-state index is 0.247. The first-order valence-electron chi connectivity index (χ1n) is 5.36. The second kappa shape index (κ2) is 5.21. The number of alkyl halides is 3. The summed E-state index contributed by atoms with van der Waals surface area (Å²) in [5.74, 6) is -0.247. The lowest BCUT2D eigenvalue weighted by atomic mass is 10.1. The molecule has 0 fully saturated rings. The van der Waals surface area contributed by atoms with Crippen molar-refractivity contribution in [2.45, 2.75) is 20.0 Å². The number of halogens is 3. The molecule has 0 saturated carbocycles. The van der Waals surface area contributed by atoms with Gasteiger partial charge in [0, 0.05) is 18.7 Å². The molecule has 5 heteroatoms. The van der Waals surface area contributed by atoms with E-state index in [2.05, 4.69) is 0 Å². The van der Waals surface area contributed by atoms with Crippen molar-refractivity contribution in [3.63, 3.8) is 0 Å². The Labute approximate surface area is 98.0 Å². The van der Waals surface area contributed by atoms with E-state index in [9.17, 15) is 18.0 Å². The Kier molecular flexibility index (Phi) is 4.15. The summed E-state index contributed by atoms with van der Waals surface area (Å²) in [6.07, 6.45) is -4.36. The van der Waals surface area contributed by atoms with E-state index in [1.54, 1.807) is 4.90 Å². The Morgan fingerprint density at radius 1 is 1.12 bits per heavy atom. The molecule has 0 radical (unpaired) electrons. The normalized spacial score (nSPS) is 11.4. The summed E-state index contributed by atoms with van der Waals surface area (Å²) in [7, 11) is 0. The zero-order valence-corrected chi connectivity index (χ0v) is 9.71. The second-order valence-corrected chi connectivity index (χ2v) is 3.55. The number of nitrogens with zero attached hydrogens (tertiary/aromatic N) is 1. The number of amides is 1. The fourth-order valence-corrected chi connectivity index (χ4v) is 1.50. The van der Waals surface area contributed by atoms with Crippen molar-refractivity contribution in [1.29, 1.82) is 0 Å². The molecule has 2 nitrogen and oxygen atoms in total. The molecule has 1 aromatic rings. The first-order chi connectivity index (χ1) is 7.90. The lowest BCUT2D eigenvalue weighted by molar-refractivity contribution is -0.137. The summed E-state index contributed by atoms with van der Waals surface area (Å²) in [5, 5.41) is 0. The van der Waals surface area contributed by atoms with E-state index in [0.29, 0.717) is 13.1 Å². The lowest BCUT2D eigenvalue weighted by Crippen LogP contribution is -2.30. The molecule has 0 spiro atoms. The van der Waals surface area contributed by atoms with Gasteiger partial charge in [0.15, 0.2) is 0 Å². The zero-order valence-electron chi connectivity index (χ0n) is 9.71. The fraction of sp³-hybridized carbons (Fsp3) is 0.417. The summed E-state index contributed by atoms with van der Waals surface area (Å²) >= 11 is 0. The van der Waals surface area contributed by atoms with Crippen molar-refractivity contribution in [3.8, 4) is 0 Å². The van der Waals surface area contributed by atoms with E-state index in [4.69, 9.17) is 0 Å². The quantitative estimate of drug-likeness (QED) is 0.800. The average molecular weight is 245 g/mol. The lowest BCUT2D eigenvalue weighted by Gasteiger charge is -2.18. The molecule has 0 unspecified atom stereocenters. The first kappa shape index (κ1) is 13.5.